The number of phenols is 1. The number of methoxy groups -OCH3 is 1. The molecule has 0 spiro atoms. The predicted molar refractivity (Wildman–Crippen MR) is 128 cm³/mol. The Morgan fingerprint density at radius 2 is 1.67 bits per heavy atom. The van der Waals surface area contributed by atoms with E-state index in [1.165, 1.54) is 35.2 Å². The number of aromatic nitrogens is 1. The van der Waals surface area contributed by atoms with Gasteiger partial charge in [0, 0.05) is 28.6 Å². The highest BCUT2D eigenvalue weighted by molar-refractivity contribution is 7.85. The molecular formula is C25H22ClNO5S. The van der Waals surface area contributed by atoms with Gasteiger partial charge < -0.3 is 14.4 Å². The number of aromatic hydroxyl groups is 1. The lowest BCUT2D eigenvalue weighted by molar-refractivity contribution is -0.646. The van der Waals surface area contributed by atoms with Gasteiger partial charge in [0.1, 0.15) is 17.2 Å². The number of ether oxygens (including phenoxy) is 1. The quantitative estimate of drug-likeness (QED) is 0.333. The Balaban J connectivity index is 0.000000235. The van der Waals surface area contributed by atoms with Crippen LogP contribution in [0.4, 0.5) is 0 Å². The molecule has 1 N–H and O–H groups in total. The molecular weight excluding hydrogens is 462 g/mol. The highest BCUT2D eigenvalue weighted by Crippen LogP contribution is 2.27. The van der Waals surface area contributed by atoms with Gasteiger partial charge in [-0.2, -0.15) is 4.57 Å². The molecule has 8 heteroatoms. The van der Waals surface area contributed by atoms with E-state index in [4.69, 9.17) is 16.3 Å². The zero-order chi connectivity index (χ0) is 24.0. The van der Waals surface area contributed by atoms with Crippen molar-refractivity contribution in [2.45, 2.75) is 4.90 Å². The zero-order valence-electron chi connectivity index (χ0n) is 18.0. The lowest BCUT2D eigenvalue weighted by Gasteiger charge is -2.05. The first-order valence-electron chi connectivity index (χ1n) is 9.83. The van der Waals surface area contributed by atoms with E-state index in [0.29, 0.717) is 10.8 Å². The molecule has 0 atom stereocenters. The molecule has 0 saturated heterocycles. The standard InChI is InChI=1S/C19H17NO2.C6H5ClO3S/c1-20-16(11-9-15-5-3-4-6-17(15)20)10-7-14-8-12-19(22-2)18(21)13-14;7-5-1-3-6(4-2-5)11(8,9)10/h3-13H,1-2H3;1-4H,(H,8,9,10)/b10-7+;. The van der Waals surface area contributed by atoms with Crippen LogP contribution >= 0.6 is 11.6 Å². The van der Waals surface area contributed by atoms with Gasteiger partial charge in [-0.15, -0.1) is 0 Å². The van der Waals surface area contributed by atoms with E-state index in [-0.39, 0.29) is 10.6 Å². The maximum absolute atomic E-state index is 10.3. The Morgan fingerprint density at radius 1 is 0.970 bits per heavy atom. The van der Waals surface area contributed by atoms with Crippen molar-refractivity contribution < 1.29 is 27.4 Å². The van der Waals surface area contributed by atoms with E-state index in [9.17, 15) is 18.1 Å². The monoisotopic (exact) mass is 483 g/mol. The third-order valence-corrected chi connectivity index (χ3v) is 5.97. The largest absolute Gasteiger partial charge is 0.744 e. The number of nitrogens with zero attached hydrogens (tertiary/aromatic N) is 1. The summed E-state index contributed by atoms with van der Waals surface area (Å²) in [6.07, 6.45) is 4.01. The van der Waals surface area contributed by atoms with Gasteiger partial charge >= 0.3 is 0 Å². The van der Waals surface area contributed by atoms with Gasteiger partial charge in [-0.1, -0.05) is 29.8 Å². The molecule has 3 aromatic carbocycles. The summed E-state index contributed by atoms with van der Waals surface area (Å²) in [6.45, 7) is 0. The summed E-state index contributed by atoms with van der Waals surface area (Å²) in [7, 11) is -0.738. The lowest BCUT2D eigenvalue weighted by Crippen LogP contribution is -2.32. The molecule has 4 aromatic rings. The summed E-state index contributed by atoms with van der Waals surface area (Å²) in [5.41, 5.74) is 3.20. The molecule has 0 aliphatic heterocycles. The van der Waals surface area contributed by atoms with Crippen LogP contribution in [0.5, 0.6) is 11.5 Å². The summed E-state index contributed by atoms with van der Waals surface area (Å²) >= 11 is 5.46. The maximum Gasteiger partial charge on any atom is 0.212 e. The molecule has 1 heterocycles. The van der Waals surface area contributed by atoms with Crippen molar-refractivity contribution in [3.05, 3.63) is 95.1 Å². The van der Waals surface area contributed by atoms with Gasteiger partial charge in [-0.3, -0.25) is 0 Å². The molecule has 33 heavy (non-hydrogen) atoms. The number of aryl methyl sites for hydroxylation is 1. The highest BCUT2D eigenvalue weighted by atomic mass is 35.5. The maximum atomic E-state index is 10.3. The SMILES string of the molecule is COc1ccc(/C=C/c2ccc3ccccc3[n+]2C)cc1O.O=S(=O)([O-])c1ccc(Cl)cc1. The topological polar surface area (TPSA) is 90.5 Å². The van der Waals surface area contributed by atoms with Crippen LogP contribution in [-0.4, -0.2) is 25.2 Å². The molecule has 0 bridgehead atoms. The molecule has 170 valence electrons. The zero-order valence-corrected chi connectivity index (χ0v) is 19.5. The van der Waals surface area contributed by atoms with Crippen LogP contribution in [0, 0.1) is 0 Å². The van der Waals surface area contributed by atoms with E-state index in [1.54, 1.807) is 19.2 Å². The number of benzene rings is 3. The second-order valence-electron chi connectivity index (χ2n) is 7.05. The van der Waals surface area contributed by atoms with Crippen LogP contribution in [0.1, 0.15) is 11.3 Å². The van der Waals surface area contributed by atoms with E-state index in [2.05, 4.69) is 28.8 Å². The number of fused-ring (bicyclic) bond motifs is 1. The van der Waals surface area contributed by atoms with Crippen molar-refractivity contribution >= 4 is 44.8 Å². The molecule has 0 fully saturated rings. The second kappa shape index (κ2) is 10.5. The minimum atomic E-state index is -4.33. The smallest absolute Gasteiger partial charge is 0.212 e. The summed E-state index contributed by atoms with van der Waals surface area (Å²) in [5, 5.41) is 11.4. The minimum absolute atomic E-state index is 0.146. The molecule has 6 nitrogen and oxygen atoms in total. The third kappa shape index (κ3) is 6.32. The van der Waals surface area contributed by atoms with E-state index in [0.717, 1.165) is 11.3 Å². The second-order valence-corrected chi connectivity index (χ2v) is 8.86. The third-order valence-electron chi connectivity index (χ3n) is 4.87. The number of rotatable bonds is 4. The molecule has 0 unspecified atom stereocenters. The van der Waals surface area contributed by atoms with Crippen LogP contribution in [0.25, 0.3) is 23.1 Å². The molecule has 0 radical (unpaired) electrons. The summed E-state index contributed by atoms with van der Waals surface area (Å²) in [5.74, 6) is 0.626. The average molecular weight is 484 g/mol. The van der Waals surface area contributed by atoms with Crippen molar-refractivity contribution in [2.75, 3.05) is 7.11 Å². The van der Waals surface area contributed by atoms with Gasteiger partial charge in [-0.05, 0) is 60.2 Å². The van der Waals surface area contributed by atoms with E-state index >= 15 is 0 Å². The molecule has 1 aromatic heterocycles. The average Bonchev–Trinajstić information content (AvgIpc) is 2.79. The van der Waals surface area contributed by atoms with Crippen LogP contribution in [0.15, 0.2) is 83.8 Å². The molecule has 4 rings (SSSR count). The summed E-state index contributed by atoms with van der Waals surface area (Å²) < 4.78 is 38.2. The van der Waals surface area contributed by atoms with Gasteiger partial charge in [-0.25, -0.2) is 8.42 Å². The lowest BCUT2D eigenvalue weighted by atomic mass is 10.1. The predicted octanol–water partition coefficient (Wildman–Crippen LogP) is 4.79. The number of hydrogen-bond acceptors (Lipinski definition) is 5. The van der Waals surface area contributed by atoms with Gasteiger partial charge in [0.15, 0.2) is 11.5 Å². The van der Waals surface area contributed by atoms with E-state index in [1.807, 2.05) is 37.4 Å². The normalized spacial score (nSPS) is 11.3. The van der Waals surface area contributed by atoms with Crippen molar-refractivity contribution in [3.8, 4) is 11.5 Å². The van der Waals surface area contributed by atoms with Crippen molar-refractivity contribution in [2.24, 2.45) is 7.05 Å². The number of phenolic OH excluding ortho intramolecular Hbond substituents is 1. The first-order chi connectivity index (χ1) is 15.7. The number of halogens is 1. The number of para-hydroxylation sites is 1. The van der Waals surface area contributed by atoms with Gasteiger partial charge in [0.05, 0.1) is 12.0 Å². The Hall–Kier alpha value is -3.39. The summed E-state index contributed by atoms with van der Waals surface area (Å²) in [6, 6.07) is 22.9. The van der Waals surface area contributed by atoms with Crippen LogP contribution in [-0.2, 0) is 17.2 Å². The highest BCUT2D eigenvalue weighted by Gasteiger charge is 2.08. The van der Waals surface area contributed by atoms with Crippen LogP contribution in [0.2, 0.25) is 5.02 Å². The Labute approximate surface area is 197 Å². The van der Waals surface area contributed by atoms with Crippen molar-refractivity contribution in [1.82, 2.24) is 0 Å². The van der Waals surface area contributed by atoms with Crippen LogP contribution < -0.4 is 9.30 Å². The number of pyridine rings is 1. The first-order valence-corrected chi connectivity index (χ1v) is 11.6. The fourth-order valence-corrected chi connectivity index (χ4v) is 3.72. The Morgan fingerprint density at radius 3 is 2.30 bits per heavy atom. The minimum Gasteiger partial charge on any atom is -0.744 e. The Kier molecular flexibility index (Phi) is 7.71. The van der Waals surface area contributed by atoms with Crippen molar-refractivity contribution in [3.63, 3.8) is 0 Å². The Bertz CT molecular complexity index is 1400. The summed E-state index contributed by atoms with van der Waals surface area (Å²) in [4.78, 5) is -0.262. The van der Waals surface area contributed by atoms with E-state index < -0.39 is 10.1 Å². The van der Waals surface area contributed by atoms with Gasteiger partial charge in [0.2, 0.25) is 11.2 Å². The van der Waals surface area contributed by atoms with Crippen LogP contribution in [0.3, 0.4) is 0 Å². The molecule has 0 aliphatic carbocycles. The molecule has 0 amide bonds. The fraction of sp³-hybridized carbons (Fsp3) is 0.0800. The first kappa shape index (κ1) is 24.3. The van der Waals surface area contributed by atoms with Gasteiger partial charge in [0.25, 0.3) is 0 Å². The molecule has 0 aliphatic rings. The number of hydrogen-bond donors (Lipinski definition) is 1. The van der Waals surface area contributed by atoms with Crippen molar-refractivity contribution in [1.29, 1.82) is 0 Å². The fourth-order valence-electron chi connectivity index (χ4n) is 3.12. The molecule has 0 saturated carbocycles.